The molecule has 1 aromatic heterocycles. The smallest absolute Gasteiger partial charge is 0.288 e. The number of benzene rings is 2. The molecule has 0 spiro atoms. The number of carbonyl (C=O) groups excluding carboxylic acids is 1. The van der Waals surface area contributed by atoms with Gasteiger partial charge in [0.15, 0.2) is 15.0 Å². The molecule has 10 heteroatoms. The van der Waals surface area contributed by atoms with E-state index >= 15 is 0 Å². The van der Waals surface area contributed by atoms with Crippen LogP contribution in [-0.2, 0) is 14.6 Å². The molecule has 1 aliphatic rings. The van der Waals surface area contributed by atoms with E-state index in [0.717, 1.165) is 42.2 Å². The first-order valence-electron chi connectivity index (χ1n) is 10.4. The van der Waals surface area contributed by atoms with Crippen molar-refractivity contribution in [1.82, 2.24) is 4.98 Å². The summed E-state index contributed by atoms with van der Waals surface area (Å²) >= 11 is 1.36. The summed E-state index contributed by atoms with van der Waals surface area (Å²) in [6.07, 6.45) is 5.70. The summed E-state index contributed by atoms with van der Waals surface area (Å²) in [5.41, 5.74) is 0.720. The standard InChI is InChI=1S/C22H23N3O5S2/c1-32(29,30)20-11-10-15(13-18(20)25(27)28)16(12-14-6-2-3-7-14)21(26)24-22-23-17-8-4-5-9-19(17)31-22/h4-5,8-11,13-14,16H,2-3,6-7,12H2,1H3,(H,23,24,26). The third-order valence-electron chi connectivity index (χ3n) is 5.87. The normalized spacial score (nSPS) is 15.7. The van der Waals surface area contributed by atoms with Crippen LogP contribution >= 0.6 is 11.3 Å². The van der Waals surface area contributed by atoms with Crippen LogP contribution in [0.3, 0.4) is 0 Å². The number of fused-ring (bicyclic) bond motifs is 1. The number of sulfone groups is 1. The van der Waals surface area contributed by atoms with Gasteiger partial charge in [0, 0.05) is 12.3 Å². The first kappa shape index (κ1) is 22.3. The van der Waals surface area contributed by atoms with E-state index in [2.05, 4.69) is 10.3 Å². The molecule has 1 heterocycles. The highest BCUT2D eigenvalue weighted by Crippen LogP contribution is 2.37. The summed E-state index contributed by atoms with van der Waals surface area (Å²) in [5, 5.41) is 14.9. The average molecular weight is 474 g/mol. The zero-order chi connectivity index (χ0) is 22.9. The second-order valence-corrected chi connectivity index (χ2v) is 11.2. The van der Waals surface area contributed by atoms with Gasteiger partial charge >= 0.3 is 0 Å². The number of para-hydroxylation sites is 1. The third-order valence-corrected chi connectivity index (χ3v) is 7.96. The molecule has 4 rings (SSSR count). The Morgan fingerprint density at radius 3 is 2.62 bits per heavy atom. The van der Waals surface area contributed by atoms with E-state index in [0.29, 0.717) is 23.0 Å². The zero-order valence-corrected chi connectivity index (χ0v) is 19.1. The van der Waals surface area contributed by atoms with Crippen LogP contribution in [0.15, 0.2) is 47.4 Å². The predicted octanol–water partition coefficient (Wildman–Crippen LogP) is 4.91. The molecule has 1 atom stereocenters. The molecule has 1 aliphatic carbocycles. The maximum Gasteiger partial charge on any atom is 0.288 e. The minimum absolute atomic E-state index is 0.294. The third kappa shape index (κ3) is 4.81. The number of anilines is 1. The fraction of sp³-hybridized carbons (Fsp3) is 0.364. The van der Waals surface area contributed by atoms with Crippen molar-refractivity contribution in [3.8, 4) is 0 Å². The lowest BCUT2D eigenvalue weighted by Gasteiger charge is -2.20. The molecule has 8 nitrogen and oxygen atoms in total. The molecule has 1 fully saturated rings. The van der Waals surface area contributed by atoms with Gasteiger partial charge in [0.25, 0.3) is 5.69 Å². The second-order valence-electron chi connectivity index (χ2n) is 8.17. The number of hydrogen-bond acceptors (Lipinski definition) is 7. The molecule has 0 aliphatic heterocycles. The number of nitrogens with zero attached hydrogens (tertiary/aromatic N) is 2. The largest absolute Gasteiger partial charge is 0.301 e. The van der Waals surface area contributed by atoms with Gasteiger partial charge in [-0.15, -0.1) is 0 Å². The second kappa shape index (κ2) is 8.95. The summed E-state index contributed by atoms with van der Waals surface area (Å²) in [6.45, 7) is 0. The molecule has 1 unspecified atom stereocenters. The van der Waals surface area contributed by atoms with Gasteiger partial charge in [0.05, 0.1) is 21.1 Å². The molecule has 0 bridgehead atoms. The van der Waals surface area contributed by atoms with Crippen LogP contribution in [0.4, 0.5) is 10.8 Å². The van der Waals surface area contributed by atoms with Crippen molar-refractivity contribution < 1.29 is 18.1 Å². The number of rotatable bonds is 7. The van der Waals surface area contributed by atoms with Gasteiger partial charge in [-0.2, -0.15) is 0 Å². The molecule has 1 amide bonds. The number of aromatic nitrogens is 1. The van der Waals surface area contributed by atoms with Gasteiger partial charge in [-0.05, 0) is 36.1 Å². The number of amides is 1. The van der Waals surface area contributed by atoms with Crippen LogP contribution in [0.2, 0.25) is 0 Å². The van der Waals surface area contributed by atoms with Crippen molar-refractivity contribution in [2.24, 2.45) is 5.92 Å². The van der Waals surface area contributed by atoms with E-state index in [1.807, 2.05) is 24.3 Å². The topological polar surface area (TPSA) is 119 Å². The van der Waals surface area contributed by atoms with Gasteiger partial charge < -0.3 is 5.32 Å². The highest BCUT2D eigenvalue weighted by Gasteiger charge is 2.30. The van der Waals surface area contributed by atoms with Crippen LogP contribution in [-0.4, -0.2) is 30.5 Å². The van der Waals surface area contributed by atoms with E-state index in [1.165, 1.54) is 29.5 Å². The van der Waals surface area contributed by atoms with Gasteiger partial charge in [-0.1, -0.05) is 55.2 Å². The van der Waals surface area contributed by atoms with E-state index < -0.39 is 26.4 Å². The molecule has 0 saturated heterocycles. The first-order chi connectivity index (χ1) is 15.2. The lowest BCUT2D eigenvalue weighted by atomic mass is 9.87. The van der Waals surface area contributed by atoms with E-state index in [-0.39, 0.29) is 10.8 Å². The highest BCUT2D eigenvalue weighted by atomic mass is 32.2. The Morgan fingerprint density at radius 2 is 1.97 bits per heavy atom. The lowest BCUT2D eigenvalue weighted by molar-refractivity contribution is -0.387. The SMILES string of the molecule is CS(=O)(=O)c1ccc(C(CC2CCCC2)C(=O)Nc2nc3ccccc3s2)cc1[N+](=O)[O-]. The van der Waals surface area contributed by atoms with E-state index in [1.54, 1.807) is 0 Å². The number of hydrogen-bond donors (Lipinski definition) is 1. The molecule has 1 N–H and O–H groups in total. The summed E-state index contributed by atoms with van der Waals surface area (Å²) in [4.78, 5) is 28.3. The molecular weight excluding hydrogens is 450 g/mol. The molecule has 32 heavy (non-hydrogen) atoms. The molecule has 2 aromatic carbocycles. The zero-order valence-electron chi connectivity index (χ0n) is 17.5. The molecule has 3 aromatic rings. The quantitative estimate of drug-likeness (QED) is 0.385. The Morgan fingerprint density at radius 1 is 1.25 bits per heavy atom. The maximum absolute atomic E-state index is 13.3. The van der Waals surface area contributed by atoms with Crippen LogP contribution in [0.5, 0.6) is 0 Å². The fourth-order valence-electron chi connectivity index (χ4n) is 4.30. The molecule has 0 radical (unpaired) electrons. The van der Waals surface area contributed by atoms with Gasteiger partial charge in [-0.25, -0.2) is 13.4 Å². The minimum atomic E-state index is -3.78. The van der Waals surface area contributed by atoms with Crippen molar-refractivity contribution in [2.45, 2.75) is 42.9 Å². The fourth-order valence-corrected chi connectivity index (χ4v) is 6.00. The monoisotopic (exact) mass is 473 g/mol. The predicted molar refractivity (Wildman–Crippen MR) is 124 cm³/mol. The van der Waals surface area contributed by atoms with Crippen molar-refractivity contribution in [3.63, 3.8) is 0 Å². The number of nitrogens with one attached hydrogen (secondary N) is 1. The summed E-state index contributed by atoms with van der Waals surface area (Å²) < 4.78 is 24.9. The number of carbonyl (C=O) groups is 1. The van der Waals surface area contributed by atoms with Crippen LogP contribution < -0.4 is 5.32 Å². The van der Waals surface area contributed by atoms with E-state index in [4.69, 9.17) is 0 Å². The van der Waals surface area contributed by atoms with Gasteiger partial charge in [0.1, 0.15) is 4.90 Å². The Kier molecular flexibility index (Phi) is 6.25. The molecule has 1 saturated carbocycles. The summed E-state index contributed by atoms with van der Waals surface area (Å²) in [7, 11) is -3.78. The summed E-state index contributed by atoms with van der Waals surface area (Å²) in [5.74, 6) is -0.593. The van der Waals surface area contributed by atoms with Crippen molar-refractivity contribution in [1.29, 1.82) is 0 Å². The summed E-state index contributed by atoms with van der Waals surface area (Å²) in [6, 6.07) is 11.5. The van der Waals surface area contributed by atoms with Crippen LogP contribution in [0, 0.1) is 16.0 Å². The Balaban J connectivity index is 1.69. The number of thiazole rings is 1. The maximum atomic E-state index is 13.3. The van der Waals surface area contributed by atoms with E-state index in [9.17, 15) is 23.3 Å². The molecular formula is C22H23N3O5S2. The van der Waals surface area contributed by atoms with Crippen molar-refractivity contribution >= 4 is 48.1 Å². The average Bonchev–Trinajstić information content (AvgIpc) is 3.39. The van der Waals surface area contributed by atoms with Gasteiger partial charge in [0.2, 0.25) is 5.91 Å². The van der Waals surface area contributed by atoms with Crippen LogP contribution in [0.1, 0.15) is 43.6 Å². The number of nitro benzene ring substituents is 1. The van der Waals surface area contributed by atoms with Crippen LogP contribution in [0.25, 0.3) is 10.2 Å². The highest BCUT2D eigenvalue weighted by molar-refractivity contribution is 7.90. The minimum Gasteiger partial charge on any atom is -0.301 e. The van der Waals surface area contributed by atoms with Crippen molar-refractivity contribution in [3.05, 3.63) is 58.1 Å². The Hall–Kier alpha value is -2.85. The Bertz CT molecular complexity index is 1250. The molecule has 168 valence electrons. The number of nitro groups is 1. The van der Waals surface area contributed by atoms with Crippen molar-refractivity contribution in [2.75, 3.05) is 11.6 Å². The lowest BCUT2D eigenvalue weighted by Crippen LogP contribution is -2.23. The first-order valence-corrected chi connectivity index (χ1v) is 13.1. The van der Waals surface area contributed by atoms with Gasteiger partial charge in [-0.3, -0.25) is 14.9 Å². The Labute approximate surface area is 189 Å².